The normalized spacial score (nSPS) is 21.3. The number of likely N-dealkylation sites (tertiary alicyclic amines) is 1. The van der Waals surface area contributed by atoms with Crippen LogP contribution in [0.4, 0.5) is 5.82 Å². The molecule has 1 aliphatic rings. The van der Waals surface area contributed by atoms with Gasteiger partial charge in [-0.05, 0) is 58.4 Å². The maximum atomic E-state index is 5.62. The van der Waals surface area contributed by atoms with Crippen LogP contribution in [0.25, 0.3) is 22.2 Å². The van der Waals surface area contributed by atoms with Crippen LogP contribution in [0, 0.1) is 12.8 Å². The lowest BCUT2D eigenvalue weighted by Crippen LogP contribution is -2.59. The highest BCUT2D eigenvalue weighted by Crippen LogP contribution is 2.36. The fourth-order valence-electron chi connectivity index (χ4n) is 4.56. The van der Waals surface area contributed by atoms with Crippen LogP contribution in [-0.2, 0) is 0 Å². The molecule has 4 rings (SSSR count). The third-order valence-corrected chi connectivity index (χ3v) is 7.24. The van der Waals surface area contributed by atoms with E-state index in [9.17, 15) is 0 Å². The Labute approximate surface area is 184 Å². The molecule has 1 fully saturated rings. The summed E-state index contributed by atoms with van der Waals surface area (Å²) in [5.41, 5.74) is 2.66. The van der Waals surface area contributed by atoms with E-state index in [4.69, 9.17) is 4.74 Å². The van der Waals surface area contributed by atoms with Crippen molar-refractivity contribution in [2.45, 2.75) is 45.7 Å². The Kier molecular flexibility index (Phi) is 5.56. The predicted octanol–water partition coefficient (Wildman–Crippen LogP) is 3.96. The lowest BCUT2D eigenvalue weighted by atomic mass is 9.77. The molecule has 0 bridgehead atoms. The Morgan fingerprint density at radius 3 is 2.65 bits per heavy atom. The molecule has 2 aromatic heterocycles. The second-order valence-corrected chi connectivity index (χ2v) is 9.14. The van der Waals surface area contributed by atoms with Gasteiger partial charge in [-0.15, -0.1) is 10.2 Å². The van der Waals surface area contributed by atoms with E-state index in [1.54, 1.807) is 7.11 Å². The summed E-state index contributed by atoms with van der Waals surface area (Å²) in [5.74, 6) is 2.86. The van der Waals surface area contributed by atoms with Gasteiger partial charge in [0.05, 0.1) is 18.3 Å². The Bertz CT molecular complexity index is 1080. The molecular formula is C24H32N6O. The summed E-state index contributed by atoms with van der Waals surface area (Å²) in [6.07, 6.45) is 2.94. The van der Waals surface area contributed by atoms with Gasteiger partial charge < -0.3 is 14.5 Å². The van der Waals surface area contributed by atoms with Gasteiger partial charge in [0, 0.05) is 48.4 Å². The standard InChI is InChI=1S/C24H32N6O/c1-15-21(10-11-29(5)24(15,3)4)30(6)23-9-8-19(27-28-23)18-12-17-14-25-16(2)26-20(17)13-22(18)31-7/h8-9,12-15,21H,10-11H2,1-7H3. The molecule has 1 saturated heterocycles. The van der Waals surface area contributed by atoms with Gasteiger partial charge in [0.25, 0.3) is 0 Å². The maximum Gasteiger partial charge on any atom is 0.151 e. The molecule has 0 spiro atoms. The minimum absolute atomic E-state index is 0.142. The first-order chi connectivity index (χ1) is 14.7. The summed E-state index contributed by atoms with van der Waals surface area (Å²) in [7, 11) is 6.00. The van der Waals surface area contributed by atoms with Crippen molar-refractivity contribution in [3.8, 4) is 17.0 Å². The monoisotopic (exact) mass is 420 g/mol. The number of piperidine rings is 1. The summed E-state index contributed by atoms with van der Waals surface area (Å²) in [6.45, 7) is 9.94. The van der Waals surface area contributed by atoms with E-state index in [2.05, 4.69) is 70.9 Å². The molecule has 7 heteroatoms. The van der Waals surface area contributed by atoms with Crippen molar-refractivity contribution in [3.05, 3.63) is 36.3 Å². The van der Waals surface area contributed by atoms with E-state index in [-0.39, 0.29) is 5.54 Å². The number of benzene rings is 1. The number of aromatic nitrogens is 4. The topological polar surface area (TPSA) is 67.3 Å². The number of anilines is 1. The van der Waals surface area contributed by atoms with E-state index in [0.29, 0.717) is 12.0 Å². The third kappa shape index (κ3) is 3.82. The lowest BCUT2D eigenvalue weighted by molar-refractivity contribution is 0.0391. The number of rotatable bonds is 4. The van der Waals surface area contributed by atoms with Crippen LogP contribution < -0.4 is 9.64 Å². The number of aryl methyl sites for hydroxylation is 1. The van der Waals surface area contributed by atoms with Crippen LogP contribution in [0.5, 0.6) is 5.75 Å². The summed E-state index contributed by atoms with van der Waals surface area (Å²) >= 11 is 0. The molecule has 3 aromatic rings. The molecule has 2 unspecified atom stereocenters. The molecule has 164 valence electrons. The highest BCUT2D eigenvalue weighted by atomic mass is 16.5. The van der Waals surface area contributed by atoms with E-state index >= 15 is 0 Å². The molecule has 1 aliphatic heterocycles. The van der Waals surface area contributed by atoms with Crippen molar-refractivity contribution in [2.24, 2.45) is 5.92 Å². The van der Waals surface area contributed by atoms with Gasteiger partial charge >= 0.3 is 0 Å². The van der Waals surface area contributed by atoms with Gasteiger partial charge in [0.1, 0.15) is 11.6 Å². The molecule has 7 nitrogen and oxygen atoms in total. The average Bonchev–Trinajstić information content (AvgIpc) is 2.76. The van der Waals surface area contributed by atoms with Crippen molar-refractivity contribution in [2.75, 3.05) is 32.6 Å². The Morgan fingerprint density at radius 1 is 1.19 bits per heavy atom. The molecule has 1 aromatic carbocycles. The van der Waals surface area contributed by atoms with E-state index in [1.807, 2.05) is 31.3 Å². The molecule has 0 radical (unpaired) electrons. The zero-order valence-electron chi connectivity index (χ0n) is 19.5. The lowest BCUT2D eigenvalue weighted by Gasteiger charge is -2.51. The Balaban J connectivity index is 1.63. The minimum Gasteiger partial charge on any atom is -0.496 e. The Hall–Kier alpha value is -2.80. The van der Waals surface area contributed by atoms with E-state index in [1.165, 1.54) is 0 Å². The Morgan fingerprint density at radius 2 is 1.97 bits per heavy atom. The van der Waals surface area contributed by atoms with Crippen LogP contribution in [0.3, 0.4) is 0 Å². The number of nitrogens with zero attached hydrogens (tertiary/aromatic N) is 6. The molecule has 31 heavy (non-hydrogen) atoms. The molecule has 0 saturated carbocycles. The zero-order chi connectivity index (χ0) is 22.3. The fraction of sp³-hybridized carbons (Fsp3) is 0.500. The molecule has 0 N–H and O–H groups in total. The smallest absolute Gasteiger partial charge is 0.151 e. The maximum absolute atomic E-state index is 5.62. The number of hydrogen-bond donors (Lipinski definition) is 0. The largest absolute Gasteiger partial charge is 0.496 e. The first-order valence-electron chi connectivity index (χ1n) is 10.8. The first kappa shape index (κ1) is 21.4. The molecule has 0 amide bonds. The fourth-order valence-corrected chi connectivity index (χ4v) is 4.56. The van der Waals surface area contributed by atoms with Crippen LogP contribution >= 0.6 is 0 Å². The van der Waals surface area contributed by atoms with E-state index < -0.39 is 0 Å². The van der Waals surface area contributed by atoms with Crippen molar-refractivity contribution in [1.82, 2.24) is 25.1 Å². The van der Waals surface area contributed by atoms with Crippen molar-refractivity contribution >= 4 is 16.7 Å². The minimum atomic E-state index is 0.142. The van der Waals surface area contributed by atoms with Crippen molar-refractivity contribution in [3.63, 3.8) is 0 Å². The van der Waals surface area contributed by atoms with Gasteiger partial charge in [-0.1, -0.05) is 6.92 Å². The quantitative estimate of drug-likeness (QED) is 0.633. The third-order valence-electron chi connectivity index (χ3n) is 7.24. The summed E-state index contributed by atoms with van der Waals surface area (Å²) in [6, 6.07) is 8.44. The summed E-state index contributed by atoms with van der Waals surface area (Å²) in [4.78, 5) is 13.5. The van der Waals surface area contributed by atoms with Crippen molar-refractivity contribution < 1.29 is 4.74 Å². The highest BCUT2D eigenvalue weighted by molar-refractivity contribution is 5.87. The molecule has 0 aliphatic carbocycles. The average molecular weight is 421 g/mol. The van der Waals surface area contributed by atoms with Gasteiger partial charge in [-0.25, -0.2) is 9.97 Å². The summed E-state index contributed by atoms with van der Waals surface area (Å²) in [5, 5.41) is 10.1. The molecule has 2 atom stereocenters. The van der Waals surface area contributed by atoms with Gasteiger partial charge in [0.2, 0.25) is 0 Å². The highest BCUT2D eigenvalue weighted by Gasteiger charge is 2.41. The van der Waals surface area contributed by atoms with Crippen molar-refractivity contribution in [1.29, 1.82) is 0 Å². The van der Waals surface area contributed by atoms with Crippen LogP contribution in [0.15, 0.2) is 30.5 Å². The second-order valence-electron chi connectivity index (χ2n) is 9.14. The molecule has 3 heterocycles. The SMILES string of the molecule is COc1cc2nc(C)ncc2cc1-c1ccc(N(C)C2CCN(C)C(C)(C)C2C)nn1. The van der Waals surface area contributed by atoms with Gasteiger partial charge in [0.15, 0.2) is 5.82 Å². The van der Waals surface area contributed by atoms with Gasteiger partial charge in [-0.3, -0.25) is 0 Å². The number of fused-ring (bicyclic) bond motifs is 1. The van der Waals surface area contributed by atoms with Crippen LogP contribution in [-0.4, -0.2) is 64.4 Å². The van der Waals surface area contributed by atoms with Crippen LogP contribution in [0.1, 0.15) is 33.0 Å². The number of ether oxygens (including phenoxy) is 1. The first-order valence-corrected chi connectivity index (χ1v) is 10.8. The molecular weight excluding hydrogens is 388 g/mol. The second kappa shape index (κ2) is 8.04. The number of hydrogen-bond acceptors (Lipinski definition) is 7. The number of methoxy groups -OCH3 is 1. The van der Waals surface area contributed by atoms with Crippen LogP contribution in [0.2, 0.25) is 0 Å². The van der Waals surface area contributed by atoms with E-state index in [0.717, 1.165) is 52.5 Å². The predicted molar refractivity (Wildman–Crippen MR) is 125 cm³/mol. The zero-order valence-corrected chi connectivity index (χ0v) is 19.5. The summed E-state index contributed by atoms with van der Waals surface area (Å²) < 4.78 is 5.62. The van der Waals surface area contributed by atoms with Gasteiger partial charge in [-0.2, -0.15) is 0 Å².